The molecule has 1 aromatic carbocycles. The van der Waals surface area contributed by atoms with Crippen LogP contribution in [0.15, 0.2) is 24.3 Å². The van der Waals surface area contributed by atoms with E-state index in [1.165, 1.54) is 12.1 Å². The first kappa shape index (κ1) is 14.0. The fourth-order valence-electron chi connectivity index (χ4n) is 3.33. The summed E-state index contributed by atoms with van der Waals surface area (Å²) in [7, 11) is 0. The van der Waals surface area contributed by atoms with E-state index in [1.54, 1.807) is 12.1 Å². The van der Waals surface area contributed by atoms with Crippen molar-refractivity contribution in [2.45, 2.75) is 12.8 Å². The third kappa shape index (κ3) is 3.05. The molecule has 21 heavy (non-hydrogen) atoms. The molecule has 2 saturated heterocycles. The third-order valence-electron chi connectivity index (χ3n) is 4.53. The second-order valence-corrected chi connectivity index (χ2v) is 5.91. The van der Waals surface area contributed by atoms with Gasteiger partial charge in [-0.1, -0.05) is 12.1 Å². The Morgan fingerprint density at radius 1 is 1.38 bits per heavy atom. The van der Waals surface area contributed by atoms with E-state index in [0.29, 0.717) is 17.4 Å². The number of piperidine rings is 1. The zero-order valence-corrected chi connectivity index (χ0v) is 11.8. The van der Waals surface area contributed by atoms with Crippen LogP contribution in [0.4, 0.5) is 5.69 Å². The third-order valence-corrected chi connectivity index (χ3v) is 4.53. The predicted molar refractivity (Wildman–Crippen MR) is 77.8 cm³/mol. The van der Waals surface area contributed by atoms with Gasteiger partial charge in [-0.05, 0) is 36.9 Å². The van der Waals surface area contributed by atoms with Gasteiger partial charge in [0, 0.05) is 25.2 Å². The van der Waals surface area contributed by atoms with Gasteiger partial charge in [0.1, 0.15) is 0 Å². The largest absolute Gasteiger partial charge is 0.342 e. The van der Waals surface area contributed by atoms with Gasteiger partial charge in [0.15, 0.2) is 0 Å². The van der Waals surface area contributed by atoms with Crippen molar-refractivity contribution in [2.75, 3.05) is 26.2 Å². The Hall–Kier alpha value is -1.95. The molecule has 0 spiro atoms. The molecule has 2 fully saturated rings. The first-order valence-corrected chi connectivity index (χ1v) is 7.35. The van der Waals surface area contributed by atoms with E-state index >= 15 is 0 Å². The lowest BCUT2D eigenvalue weighted by Crippen LogP contribution is -2.44. The van der Waals surface area contributed by atoms with Gasteiger partial charge in [0.05, 0.1) is 11.3 Å². The van der Waals surface area contributed by atoms with Crippen molar-refractivity contribution in [3.63, 3.8) is 0 Å². The zero-order chi connectivity index (χ0) is 14.8. The van der Waals surface area contributed by atoms with Gasteiger partial charge in [0.25, 0.3) is 5.69 Å². The molecule has 2 aliphatic heterocycles. The summed E-state index contributed by atoms with van der Waals surface area (Å²) >= 11 is 0. The Morgan fingerprint density at radius 2 is 2.19 bits per heavy atom. The number of hydrogen-bond acceptors (Lipinski definition) is 4. The summed E-state index contributed by atoms with van der Waals surface area (Å²) < 4.78 is 0. The molecule has 0 radical (unpaired) electrons. The van der Waals surface area contributed by atoms with E-state index < -0.39 is 4.92 Å². The molecular weight excluding hydrogens is 270 g/mol. The van der Waals surface area contributed by atoms with Crippen molar-refractivity contribution < 1.29 is 9.72 Å². The molecule has 0 aromatic heterocycles. The number of fused-ring (bicyclic) bond motifs is 1. The standard InChI is InChI=1S/C15H19N3O3/c19-15(7-11-2-1-3-14(6-11)18(20)21)17-5-4-12-8-16-9-13(12)10-17/h1-3,6,12-13,16H,4-5,7-10H2. The van der Waals surface area contributed by atoms with Gasteiger partial charge in [0.2, 0.25) is 5.91 Å². The van der Waals surface area contributed by atoms with Gasteiger partial charge in [-0.25, -0.2) is 0 Å². The molecule has 0 aliphatic carbocycles. The molecular formula is C15H19N3O3. The highest BCUT2D eigenvalue weighted by atomic mass is 16.6. The number of nitrogens with zero attached hydrogens (tertiary/aromatic N) is 2. The normalized spacial score (nSPS) is 24.7. The summed E-state index contributed by atoms with van der Waals surface area (Å²) in [5.74, 6) is 1.33. The molecule has 2 heterocycles. The molecule has 6 nitrogen and oxygen atoms in total. The molecule has 2 aliphatic rings. The average Bonchev–Trinajstić information content (AvgIpc) is 2.94. The maximum absolute atomic E-state index is 12.4. The molecule has 1 amide bonds. The number of nitrogens with one attached hydrogen (secondary N) is 1. The number of carbonyl (C=O) groups excluding carboxylic acids is 1. The quantitative estimate of drug-likeness (QED) is 0.670. The van der Waals surface area contributed by atoms with Crippen LogP contribution in [-0.4, -0.2) is 41.9 Å². The molecule has 0 bridgehead atoms. The molecule has 0 saturated carbocycles. The SMILES string of the molecule is O=C(Cc1cccc([N+](=O)[O-])c1)N1CCC2CNCC2C1. The van der Waals surface area contributed by atoms with Crippen LogP contribution in [0.25, 0.3) is 0 Å². The van der Waals surface area contributed by atoms with Gasteiger partial charge in [-0.2, -0.15) is 0 Å². The number of carbonyl (C=O) groups is 1. The number of likely N-dealkylation sites (tertiary alicyclic amines) is 1. The first-order chi connectivity index (χ1) is 10.1. The zero-order valence-electron chi connectivity index (χ0n) is 11.8. The van der Waals surface area contributed by atoms with E-state index in [1.807, 2.05) is 4.90 Å². The molecule has 2 atom stereocenters. The lowest BCUT2D eigenvalue weighted by Gasteiger charge is -2.34. The second kappa shape index (κ2) is 5.81. The molecule has 6 heteroatoms. The molecule has 3 rings (SSSR count). The summed E-state index contributed by atoms with van der Waals surface area (Å²) in [6.07, 6.45) is 1.30. The van der Waals surface area contributed by atoms with Crippen LogP contribution in [0.5, 0.6) is 0 Å². The minimum atomic E-state index is -0.427. The van der Waals surface area contributed by atoms with Crippen molar-refractivity contribution >= 4 is 11.6 Å². The van der Waals surface area contributed by atoms with Gasteiger partial charge >= 0.3 is 0 Å². The highest BCUT2D eigenvalue weighted by Gasteiger charge is 2.34. The number of benzene rings is 1. The van der Waals surface area contributed by atoms with Gasteiger partial charge in [-0.15, -0.1) is 0 Å². The minimum Gasteiger partial charge on any atom is -0.342 e. The van der Waals surface area contributed by atoms with Gasteiger partial charge < -0.3 is 10.2 Å². The highest BCUT2D eigenvalue weighted by Crippen LogP contribution is 2.27. The fraction of sp³-hybridized carbons (Fsp3) is 0.533. The maximum atomic E-state index is 12.4. The molecule has 112 valence electrons. The monoisotopic (exact) mass is 289 g/mol. The van der Waals surface area contributed by atoms with Crippen molar-refractivity contribution in [1.82, 2.24) is 10.2 Å². The average molecular weight is 289 g/mol. The smallest absolute Gasteiger partial charge is 0.269 e. The fourth-order valence-corrected chi connectivity index (χ4v) is 3.33. The number of amides is 1. The second-order valence-electron chi connectivity index (χ2n) is 5.91. The maximum Gasteiger partial charge on any atom is 0.269 e. The van der Waals surface area contributed by atoms with Crippen LogP contribution in [0, 0.1) is 22.0 Å². The van der Waals surface area contributed by atoms with Gasteiger partial charge in [-0.3, -0.25) is 14.9 Å². The van der Waals surface area contributed by atoms with Crippen molar-refractivity contribution in [1.29, 1.82) is 0 Å². The molecule has 1 N–H and O–H groups in total. The summed E-state index contributed by atoms with van der Waals surface area (Å²) in [5.41, 5.74) is 0.750. The van der Waals surface area contributed by atoms with Crippen LogP contribution < -0.4 is 5.32 Å². The summed E-state index contributed by atoms with van der Waals surface area (Å²) in [5, 5.41) is 14.1. The van der Waals surface area contributed by atoms with Crippen LogP contribution in [0.3, 0.4) is 0 Å². The van der Waals surface area contributed by atoms with Crippen molar-refractivity contribution in [3.8, 4) is 0 Å². The number of hydrogen-bond donors (Lipinski definition) is 1. The number of rotatable bonds is 3. The topological polar surface area (TPSA) is 75.5 Å². The predicted octanol–water partition coefficient (Wildman–Crippen LogP) is 1.21. The molecule has 1 aromatic rings. The highest BCUT2D eigenvalue weighted by molar-refractivity contribution is 5.79. The van der Waals surface area contributed by atoms with E-state index in [2.05, 4.69) is 5.32 Å². The first-order valence-electron chi connectivity index (χ1n) is 7.35. The Bertz CT molecular complexity index is 561. The Labute approximate surface area is 123 Å². The van der Waals surface area contributed by atoms with E-state index in [0.717, 1.165) is 32.6 Å². The lowest BCUT2D eigenvalue weighted by molar-refractivity contribution is -0.384. The molecule has 2 unspecified atom stereocenters. The van der Waals surface area contributed by atoms with Crippen LogP contribution >= 0.6 is 0 Å². The Morgan fingerprint density at radius 3 is 3.00 bits per heavy atom. The number of non-ortho nitro benzene ring substituents is 1. The van der Waals surface area contributed by atoms with E-state index in [-0.39, 0.29) is 18.0 Å². The van der Waals surface area contributed by atoms with Crippen LogP contribution in [0.1, 0.15) is 12.0 Å². The van der Waals surface area contributed by atoms with Crippen LogP contribution in [0.2, 0.25) is 0 Å². The minimum absolute atomic E-state index is 0.0407. The van der Waals surface area contributed by atoms with Crippen molar-refractivity contribution in [2.24, 2.45) is 11.8 Å². The van der Waals surface area contributed by atoms with Crippen molar-refractivity contribution in [3.05, 3.63) is 39.9 Å². The van der Waals surface area contributed by atoms with E-state index in [9.17, 15) is 14.9 Å². The Kier molecular flexibility index (Phi) is 3.88. The summed E-state index contributed by atoms with van der Waals surface area (Å²) in [4.78, 5) is 24.6. The summed E-state index contributed by atoms with van der Waals surface area (Å²) in [6, 6.07) is 6.34. The summed E-state index contributed by atoms with van der Waals surface area (Å²) in [6.45, 7) is 3.67. The van der Waals surface area contributed by atoms with E-state index in [4.69, 9.17) is 0 Å². The Balaban J connectivity index is 1.63. The van der Waals surface area contributed by atoms with Crippen LogP contribution in [-0.2, 0) is 11.2 Å². The lowest BCUT2D eigenvalue weighted by atomic mass is 9.88. The number of nitro benzene ring substituents is 1. The number of nitro groups is 1.